The van der Waals surface area contributed by atoms with E-state index in [2.05, 4.69) is 9.88 Å². The summed E-state index contributed by atoms with van der Waals surface area (Å²) in [5.74, 6) is 0. The number of hydrogen-bond donors (Lipinski definition) is 1. The van der Waals surface area contributed by atoms with E-state index in [9.17, 15) is 0 Å². The van der Waals surface area contributed by atoms with Gasteiger partial charge in [0.25, 0.3) is 0 Å². The fourth-order valence-corrected chi connectivity index (χ4v) is 1.95. The molecule has 0 radical (unpaired) electrons. The predicted molar refractivity (Wildman–Crippen MR) is 49.6 cm³/mol. The molecule has 2 rings (SSSR count). The maximum absolute atomic E-state index is 5.53. The molecular weight excluding hydrogens is 174 g/mol. The molecule has 1 aliphatic rings. The van der Waals surface area contributed by atoms with Gasteiger partial charge in [0.15, 0.2) is 5.13 Å². The van der Waals surface area contributed by atoms with Gasteiger partial charge in [0, 0.05) is 13.1 Å². The minimum atomic E-state index is 0.636. The van der Waals surface area contributed by atoms with Gasteiger partial charge in [-0.2, -0.15) is 0 Å². The van der Waals surface area contributed by atoms with Crippen LogP contribution in [0.1, 0.15) is 0 Å². The number of aromatic nitrogens is 1. The average Bonchev–Trinajstić information content (AvgIpc) is 2.54. The Morgan fingerprint density at radius 3 is 2.83 bits per heavy atom. The highest BCUT2D eigenvalue weighted by atomic mass is 32.1. The number of anilines is 2. The number of hydrogen-bond acceptors (Lipinski definition) is 5. The van der Waals surface area contributed by atoms with Gasteiger partial charge < -0.3 is 15.4 Å². The topological polar surface area (TPSA) is 51.4 Å². The standard InChI is InChI=1S/C7H11N3OS/c8-7-9-5-6(12-7)10-1-3-11-4-2-10/h5H,1-4H2,(H2,8,9). The first kappa shape index (κ1) is 7.82. The fraction of sp³-hybridized carbons (Fsp3) is 0.571. The third-order valence-corrected chi connectivity index (χ3v) is 2.72. The number of morpholine rings is 1. The van der Waals surface area contributed by atoms with Crippen LogP contribution in [0.5, 0.6) is 0 Å². The molecule has 2 heterocycles. The first-order valence-corrected chi connectivity index (χ1v) is 4.72. The molecule has 5 heteroatoms. The van der Waals surface area contributed by atoms with Gasteiger partial charge in [-0.25, -0.2) is 4.98 Å². The minimum absolute atomic E-state index is 0.636. The molecule has 4 nitrogen and oxygen atoms in total. The number of nitrogen functional groups attached to an aromatic ring is 1. The summed E-state index contributed by atoms with van der Waals surface area (Å²) >= 11 is 1.53. The number of ether oxygens (including phenoxy) is 1. The molecule has 0 saturated carbocycles. The Labute approximate surface area is 75.0 Å². The Kier molecular flexibility index (Phi) is 2.14. The Morgan fingerprint density at radius 1 is 1.50 bits per heavy atom. The first-order valence-electron chi connectivity index (χ1n) is 3.90. The zero-order valence-corrected chi connectivity index (χ0v) is 7.51. The third-order valence-electron chi connectivity index (χ3n) is 1.83. The second kappa shape index (κ2) is 3.28. The molecule has 1 fully saturated rings. The Bertz CT molecular complexity index is 257. The SMILES string of the molecule is Nc1ncc(N2CCOCC2)s1. The lowest BCUT2D eigenvalue weighted by Gasteiger charge is -2.26. The molecule has 0 atom stereocenters. The Balaban J connectivity index is 2.08. The van der Waals surface area contributed by atoms with Gasteiger partial charge in [-0.3, -0.25) is 0 Å². The lowest BCUT2D eigenvalue weighted by molar-refractivity contribution is 0.123. The summed E-state index contributed by atoms with van der Waals surface area (Å²) in [4.78, 5) is 6.25. The molecule has 12 heavy (non-hydrogen) atoms. The predicted octanol–water partition coefficient (Wildman–Crippen LogP) is 0.562. The van der Waals surface area contributed by atoms with Crippen LogP contribution >= 0.6 is 11.3 Å². The second-order valence-corrected chi connectivity index (χ2v) is 3.68. The molecule has 66 valence electrons. The molecular formula is C7H11N3OS. The lowest BCUT2D eigenvalue weighted by Crippen LogP contribution is -2.35. The van der Waals surface area contributed by atoms with Crippen LogP contribution in [0.3, 0.4) is 0 Å². The molecule has 0 aromatic carbocycles. The zero-order chi connectivity index (χ0) is 8.39. The van der Waals surface area contributed by atoms with Crippen LogP contribution in [-0.4, -0.2) is 31.3 Å². The number of nitrogens with zero attached hydrogens (tertiary/aromatic N) is 2. The smallest absolute Gasteiger partial charge is 0.181 e. The summed E-state index contributed by atoms with van der Waals surface area (Å²) in [5, 5.41) is 1.78. The van der Waals surface area contributed by atoms with Crippen LogP contribution in [0.15, 0.2) is 6.20 Å². The largest absolute Gasteiger partial charge is 0.378 e. The molecule has 0 bridgehead atoms. The molecule has 0 aliphatic carbocycles. The minimum Gasteiger partial charge on any atom is -0.378 e. The van der Waals surface area contributed by atoms with E-state index in [1.807, 2.05) is 6.20 Å². The monoisotopic (exact) mass is 185 g/mol. The highest BCUT2D eigenvalue weighted by Gasteiger charge is 2.12. The summed E-state index contributed by atoms with van der Waals surface area (Å²) in [5.41, 5.74) is 5.53. The van der Waals surface area contributed by atoms with Crippen molar-refractivity contribution in [1.82, 2.24) is 4.98 Å². The van der Waals surface area contributed by atoms with E-state index >= 15 is 0 Å². The van der Waals surface area contributed by atoms with Crippen molar-refractivity contribution in [2.75, 3.05) is 36.9 Å². The van der Waals surface area contributed by atoms with Crippen LogP contribution in [0, 0.1) is 0 Å². The molecule has 0 amide bonds. The van der Waals surface area contributed by atoms with Crippen LogP contribution in [0.2, 0.25) is 0 Å². The van der Waals surface area contributed by atoms with Gasteiger partial charge in [0.2, 0.25) is 0 Å². The summed E-state index contributed by atoms with van der Waals surface area (Å²) in [6.07, 6.45) is 1.82. The maximum Gasteiger partial charge on any atom is 0.181 e. The quantitative estimate of drug-likeness (QED) is 0.694. The average molecular weight is 185 g/mol. The maximum atomic E-state index is 5.53. The van der Waals surface area contributed by atoms with Crippen molar-refractivity contribution in [3.8, 4) is 0 Å². The van der Waals surface area contributed by atoms with Crippen LogP contribution < -0.4 is 10.6 Å². The van der Waals surface area contributed by atoms with Crippen LogP contribution in [0.25, 0.3) is 0 Å². The third kappa shape index (κ3) is 1.51. The van der Waals surface area contributed by atoms with Crippen molar-refractivity contribution in [2.45, 2.75) is 0 Å². The second-order valence-electron chi connectivity index (χ2n) is 2.64. The van der Waals surface area contributed by atoms with Crippen LogP contribution in [-0.2, 0) is 4.74 Å². The summed E-state index contributed by atoms with van der Waals surface area (Å²) < 4.78 is 5.24. The van der Waals surface area contributed by atoms with Gasteiger partial charge >= 0.3 is 0 Å². The van der Waals surface area contributed by atoms with Crippen molar-refractivity contribution < 1.29 is 4.74 Å². The van der Waals surface area contributed by atoms with Crippen molar-refractivity contribution in [2.24, 2.45) is 0 Å². The molecule has 1 aromatic rings. The van der Waals surface area contributed by atoms with E-state index < -0.39 is 0 Å². The molecule has 0 unspecified atom stereocenters. The normalized spacial score (nSPS) is 18.2. The van der Waals surface area contributed by atoms with Crippen molar-refractivity contribution in [3.63, 3.8) is 0 Å². The van der Waals surface area contributed by atoms with E-state index in [0.717, 1.165) is 31.3 Å². The zero-order valence-electron chi connectivity index (χ0n) is 6.69. The van der Waals surface area contributed by atoms with E-state index in [1.165, 1.54) is 11.3 Å². The highest BCUT2D eigenvalue weighted by molar-refractivity contribution is 7.19. The summed E-state index contributed by atoms with van der Waals surface area (Å²) in [7, 11) is 0. The van der Waals surface area contributed by atoms with E-state index in [4.69, 9.17) is 10.5 Å². The number of rotatable bonds is 1. The number of nitrogens with two attached hydrogens (primary N) is 1. The van der Waals surface area contributed by atoms with E-state index in [1.54, 1.807) is 0 Å². The van der Waals surface area contributed by atoms with Gasteiger partial charge in [0.1, 0.15) is 5.00 Å². The Morgan fingerprint density at radius 2 is 2.25 bits per heavy atom. The van der Waals surface area contributed by atoms with Crippen molar-refractivity contribution in [3.05, 3.63) is 6.20 Å². The highest BCUT2D eigenvalue weighted by Crippen LogP contribution is 2.25. The molecule has 2 N–H and O–H groups in total. The van der Waals surface area contributed by atoms with Crippen molar-refractivity contribution in [1.29, 1.82) is 0 Å². The molecule has 0 spiro atoms. The van der Waals surface area contributed by atoms with Gasteiger partial charge in [-0.05, 0) is 0 Å². The summed E-state index contributed by atoms with van der Waals surface area (Å²) in [6, 6.07) is 0. The molecule has 1 aliphatic heterocycles. The Hall–Kier alpha value is -0.810. The summed E-state index contributed by atoms with van der Waals surface area (Å²) in [6.45, 7) is 3.50. The molecule has 1 aromatic heterocycles. The molecule has 1 saturated heterocycles. The first-order chi connectivity index (χ1) is 5.86. The van der Waals surface area contributed by atoms with E-state index in [-0.39, 0.29) is 0 Å². The van der Waals surface area contributed by atoms with Gasteiger partial charge in [-0.1, -0.05) is 11.3 Å². The fourth-order valence-electron chi connectivity index (χ4n) is 1.21. The number of thiazole rings is 1. The van der Waals surface area contributed by atoms with Crippen molar-refractivity contribution >= 4 is 21.5 Å². The van der Waals surface area contributed by atoms with Gasteiger partial charge in [0.05, 0.1) is 19.4 Å². The van der Waals surface area contributed by atoms with Crippen LogP contribution in [0.4, 0.5) is 10.1 Å². The van der Waals surface area contributed by atoms with E-state index in [0.29, 0.717) is 5.13 Å². The lowest BCUT2D eigenvalue weighted by atomic mass is 10.4. The van der Waals surface area contributed by atoms with Gasteiger partial charge in [-0.15, -0.1) is 0 Å².